The minimum absolute atomic E-state index is 0.00947. The number of esters is 1. The van der Waals surface area contributed by atoms with Crippen LogP contribution < -0.4 is 0 Å². The first kappa shape index (κ1) is 23.0. The molecule has 0 aromatic heterocycles. The molecule has 0 aliphatic heterocycles. The Morgan fingerprint density at radius 2 is 1.43 bits per heavy atom. The van der Waals surface area contributed by atoms with E-state index in [2.05, 4.69) is 31.2 Å². The number of benzene rings is 1. The summed E-state index contributed by atoms with van der Waals surface area (Å²) in [6, 6.07) is 8.42. The van der Waals surface area contributed by atoms with Crippen molar-refractivity contribution in [2.75, 3.05) is 0 Å². The van der Waals surface area contributed by atoms with Crippen molar-refractivity contribution in [3.63, 3.8) is 0 Å². The second-order valence-electron chi connectivity index (χ2n) is 8.56. The minimum atomic E-state index is -0.0144. The summed E-state index contributed by atoms with van der Waals surface area (Å²) in [6.45, 7) is 2.28. The van der Waals surface area contributed by atoms with E-state index in [0.29, 0.717) is 6.42 Å². The third-order valence-corrected chi connectivity index (χ3v) is 6.07. The van der Waals surface area contributed by atoms with Crippen LogP contribution in [0, 0.1) is 0 Å². The Balaban J connectivity index is 1.43. The molecular formula is C26H42O2. The summed E-state index contributed by atoms with van der Waals surface area (Å²) in [5, 5.41) is 0. The van der Waals surface area contributed by atoms with Crippen molar-refractivity contribution in [1.29, 1.82) is 0 Å². The van der Waals surface area contributed by atoms with Crippen molar-refractivity contribution in [3.05, 3.63) is 35.4 Å². The van der Waals surface area contributed by atoms with Gasteiger partial charge in [-0.2, -0.15) is 0 Å². The highest BCUT2D eigenvalue weighted by Crippen LogP contribution is 2.32. The number of rotatable bonds is 15. The van der Waals surface area contributed by atoms with Gasteiger partial charge in [0.1, 0.15) is 6.10 Å². The molecule has 28 heavy (non-hydrogen) atoms. The fourth-order valence-corrected chi connectivity index (χ4v) is 4.34. The lowest BCUT2D eigenvalue weighted by atomic mass is 9.89. The van der Waals surface area contributed by atoms with Gasteiger partial charge in [0.2, 0.25) is 0 Å². The summed E-state index contributed by atoms with van der Waals surface area (Å²) in [7, 11) is 0. The van der Waals surface area contributed by atoms with E-state index in [-0.39, 0.29) is 12.1 Å². The zero-order valence-electron chi connectivity index (χ0n) is 18.2. The maximum Gasteiger partial charge on any atom is 0.306 e. The van der Waals surface area contributed by atoms with E-state index >= 15 is 0 Å². The van der Waals surface area contributed by atoms with Crippen molar-refractivity contribution < 1.29 is 9.53 Å². The molecule has 2 heteroatoms. The summed E-state index contributed by atoms with van der Waals surface area (Å²) < 4.78 is 5.79. The molecule has 0 saturated heterocycles. The molecule has 1 aromatic carbocycles. The van der Waals surface area contributed by atoms with Gasteiger partial charge in [0.05, 0.1) is 0 Å². The summed E-state index contributed by atoms with van der Waals surface area (Å²) in [6.07, 6.45) is 21.1. The number of carbonyl (C=O) groups is 1. The fourth-order valence-electron chi connectivity index (χ4n) is 4.34. The van der Waals surface area contributed by atoms with Crippen molar-refractivity contribution >= 4 is 5.97 Å². The fraction of sp³-hybridized carbons (Fsp3) is 0.731. The van der Waals surface area contributed by atoms with Gasteiger partial charge >= 0.3 is 5.97 Å². The molecule has 1 aromatic rings. The van der Waals surface area contributed by atoms with Crippen LogP contribution in [-0.4, -0.2) is 5.97 Å². The van der Waals surface area contributed by atoms with Gasteiger partial charge in [-0.3, -0.25) is 4.79 Å². The molecule has 1 aliphatic rings. The summed E-state index contributed by atoms with van der Waals surface area (Å²) in [5.41, 5.74) is 2.58. The van der Waals surface area contributed by atoms with E-state index in [0.717, 1.165) is 32.1 Å². The third-order valence-electron chi connectivity index (χ3n) is 6.07. The van der Waals surface area contributed by atoms with E-state index < -0.39 is 0 Å². The molecule has 1 aliphatic carbocycles. The summed E-state index contributed by atoms with van der Waals surface area (Å²) in [5.74, 6) is -0.00947. The Bertz CT molecular complexity index is 537. The first-order chi connectivity index (χ1) is 13.8. The Morgan fingerprint density at radius 1 is 0.857 bits per heavy atom. The van der Waals surface area contributed by atoms with Gasteiger partial charge in [-0.1, -0.05) is 108 Å². The normalized spacial score (nSPS) is 16.0. The lowest BCUT2D eigenvalue weighted by molar-refractivity contribution is -0.150. The average molecular weight is 387 g/mol. The number of unbranched alkanes of at least 4 members (excludes halogenated alkanes) is 12. The van der Waals surface area contributed by atoms with Crippen molar-refractivity contribution in [1.82, 2.24) is 0 Å². The number of hydrogen-bond donors (Lipinski definition) is 0. The van der Waals surface area contributed by atoms with Gasteiger partial charge in [-0.15, -0.1) is 0 Å². The molecular weight excluding hydrogens is 344 g/mol. The minimum Gasteiger partial charge on any atom is -0.457 e. The second kappa shape index (κ2) is 14.7. The van der Waals surface area contributed by atoms with Gasteiger partial charge < -0.3 is 4.74 Å². The van der Waals surface area contributed by atoms with Crippen molar-refractivity contribution in [2.24, 2.45) is 0 Å². The molecule has 0 heterocycles. The van der Waals surface area contributed by atoms with Gasteiger partial charge in [-0.25, -0.2) is 0 Å². The van der Waals surface area contributed by atoms with E-state index in [1.165, 1.54) is 81.8 Å². The monoisotopic (exact) mass is 386 g/mol. The molecule has 0 radical (unpaired) electrons. The molecule has 2 nitrogen and oxygen atoms in total. The Morgan fingerprint density at radius 3 is 2.07 bits per heavy atom. The predicted octanol–water partition coefficient (Wildman–Crippen LogP) is 8.09. The van der Waals surface area contributed by atoms with Gasteiger partial charge in [0.25, 0.3) is 0 Å². The molecule has 0 bridgehead atoms. The Labute approximate surface area is 173 Å². The number of fused-ring (bicyclic) bond motifs is 1. The predicted molar refractivity (Wildman–Crippen MR) is 119 cm³/mol. The van der Waals surface area contributed by atoms with Crippen LogP contribution in [0.2, 0.25) is 0 Å². The van der Waals surface area contributed by atoms with Crippen LogP contribution in [0.25, 0.3) is 0 Å². The molecule has 0 saturated carbocycles. The molecule has 2 rings (SSSR count). The van der Waals surface area contributed by atoms with Crippen LogP contribution in [0.4, 0.5) is 0 Å². The molecule has 0 amide bonds. The zero-order valence-corrected chi connectivity index (χ0v) is 18.2. The van der Waals surface area contributed by atoms with Crippen LogP contribution in [0.1, 0.15) is 127 Å². The van der Waals surface area contributed by atoms with Crippen LogP contribution in [0.3, 0.4) is 0 Å². The molecule has 0 unspecified atom stereocenters. The Kier molecular flexibility index (Phi) is 12.0. The largest absolute Gasteiger partial charge is 0.457 e. The van der Waals surface area contributed by atoms with Gasteiger partial charge in [0, 0.05) is 6.42 Å². The molecule has 158 valence electrons. The SMILES string of the molecule is CCCCCCCCCCCCCCCC(=O)O[C@@H]1CCCc2ccccc21. The van der Waals surface area contributed by atoms with Crippen LogP contribution in [0.5, 0.6) is 0 Å². The quantitative estimate of drug-likeness (QED) is 0.225. The summed E-state index contributed by atoms with van der Waals surface area (Å²) in [4.78, 5) is 12.2. The topological polar surface area (TPSA) is 26.3 Å². The second-order valence-corrected chi connectivity index (χ2v) is 8.56. The van der Waals surface area contributed by atoms with Crippen molar-refractivity contribution in [2.45, 2.75) is 122 Å². The smallest absolute Gasteiger partial charge is 0.306 e. The van der Waals surface area contributed by atoms with Crippen LogP contribution in [0.15, 0.2) is 24.3 Å². The number of hydrogen-bond acceptors (Lipinski definition) is 2. The first-order valence-corrected chi connectivity index (χ1v) is 12.1. The standard InChI is InChI=1S/C26H42O2/c1-2-3-4-5-6-7-8-9-10-11-12-13-14-22-26(27)28-25-21-17-19-23-18-15-16-20-24(23)25/h15-16,18,20,25H,2-14,17,19,21-22H2,1H3/t25-/m1/s1. The highest BCUT2D eigenvalue weighted by molar-refractivity contribution is 5.69. The molecule has 0 fully saturated rings. The molecule has 0 N–H and O–H groups in total. The third kappa shape index (κ3) is 9.26. The Hall–Kier alpha value is -1.31. The maximum absolute atomic E-state index is 12.2. The van der Waals surface area contributed by atoms with Crippen LogP contribution >= 0.6 is 0 Å². The van der Waals surface area contributed by atoms with Crippen LogP contribution in [-0.2, 0) is 16.0 Å². The first-order valence-electron chi connectivity index (χ1n) is 12.1. The van der Waals surface area contributed by atoms with E-state index in [1.807, 2.05) is 0 Å². The lowest BCUT2D eigenvalue weighted by Gasteiger charge is -2.25. The summed E-state index contributed by atoms with van der Waals surface area (Å²) >= 11 is 0. The van der Waals surface area contributed by atoms with Gasteiger partial charge in [-0.05, 0) is 36.8 Å². The number of carbonyl (C=O) groups excluding carboxylic acids is 1. The van der Waals surface area contributed by atoms with Crippen molar-refractivity contribution in [3.8, 4) is 0 Å². The maximum atomic E-state index is 12.2. The number of aryl methyl sites for hydroxylation is 1. The van der Waals surface area contributed by atoms with E-state index in [9.17, 15) is 4.79 Å². The highest BCUT2D eigenvalue weighted by atomic mass is 16.5. The van der Waals surface area contributed by atoms with Gasteiger partial charge in [0.15, 0.2) is 0 Å². The number of ether oxygens (including phenoxy) is 1. The van der Waals surface area contributed by atoms with E-state index in [1.54, 1.807) is 0 Å². The average Bonchev–Trinajstić information content (AvgIpc) is 2.72. The zero-order chi connectivity index (χ0) is 19.9. The van der Waals surface area contributed by atoms with E-state index in [4.69, 9.17) is 4.74 Å². The highest BCUT2D eigenvalue weighted by Gasteiger charge is 2.22. The lowest BCUT2D eigenvalue weighted by Crippen LogP contribution is -2.16. The molecule has 0 spiro atoms. The molecule has 1 atom stereocenters.